The predicted molar refractivity (Wildman–Crippen MR) is 59.5 cm³/mol. The van der Waals surface area contributed by atoms with Crippen LogP contribution in [0.2, 0.25) is 0 Å². The highest BCUT2D eigenvalue weighted by Crippen LogP contribution is 2.34. The summed E-state index contributed by atoms with van der Waals surface area (Å²) in [4.78, 5) is 0.983. The van der Waals surface area contributed by atoms with Crippen LogP contribution in [0.4, 0.5) is 13.2 Å². The predicted octanol–water partition coefficient (Wildman–Crippen LogP) is 4.74. The maximum atomic E-state index is 12.5. The van der Waals surface area contributed by atoms with Gasteiger partial charge in [-0.25, -0.2) is 0 Å². The summed E-state index contributed by atoms with van der Waals surface area (Å²) in [7, 11) is 0. The number of hydrogen-bond donors (Lipinski definition) is 0. The zero-order valence-corrected chi connectivity index (χ0v) is 9.32. The molecule has 1 heterocycles. The Balaban J connectivity index is 2.45. The lowest BCUT2D eigenvalue weighted by Crippen LogP contribution is -2.07. The number of aryl methyl sites for hydroxylation is 1. The van der Waals surface area contributed by atoms with E-state index >= 15 is 0 Å². The summed E-state index contributed by atoms with van der Waals surface area (Å²) in [5, 5.41) is 1.91. The van der Waals surface area contributed by atoms with Gasteiger partial charge in [0.1, 0.15) is 0 Å². The lowest BCUT2D eigenvalue weighted by molar-refractivity contribution is -0.138. The summed E-state index contributed by atoms with van der Waals surface area (Å²) < 4.78 is 37.6. The molecule has 84 valence electrons. The van der Waals surface area contributed by atoms with Crippen LogP contribution in [0.15, 0.2) is 35.7 Å². The van der Waals surface area contributed by atoms with Crippen LogP contribution in [0.3, 0.4) is 0 Å². The fourth-order valence-corrected chi connectivity index (χ4v) is 2.30. The number of alkyl halides is 3. The van der Waals surface area contributed by atoms with E-state index in [4.69, 9.17) is 0 Å². The molecule has 0 spiro atoms. The SMILES string of the molecule is Cc1cc(-c2cccs2)ccc1C(F)(F)F. The Labute approximate surface area is 95.4 Å². The fourth-order valence-electron chi connectivity index (χ4n) is 1.58. The highest BCUT2D eigenvalue weighted by molar-refractivity contribution is 7.13. The molecule has 0 nitrogen and oxygen atoms in total. The molecule has 0 radical (unpaired) electrons. The first kappa shape index (κ1) is 11.2. The van der Waals surface area contributed by atoms with Crippen LogP contribution >= 0.6 is 11.3 Å². The molecule has 0 aliphatic heterocycles. The second-order valence-electron chi connectivity index (χ2n) is 3.50. The van der Waals surface area contributed by atoms with Crippen molar-refractivity contribution in [1.82, 2.24) is 0 Å². The van der Waals surface area contributed by atoms with Crippen molar-refractivity contribution in [2.75, 3.05) is 0 Å². The Bertz CT molecular complexity index is 483. The smallest absolute Gasteiger partial charge is 0.166 e. The van der Waals surface area contributed by atoms with Gasteiger partial charge in [-0.05, 0) is 35.6 Å². The quantitative estimate of drug-likeness (QED) is 0.677. The van der Waals surface area contributed by atoms with E-state index in [-0.39, 0.29) is 5.56 Å². The minimum atomic E-state index is -4.27. The van der Waals surface area contributed by atoms with Crippen molar-refractivity contribution in [3.63, 3.8) is 0 Å². The molecule has 0 aliphatic carbocycles. The molecule has 0 amide bonds. The fraction of sp³-hybridized carbons (Fsp3) is 0.167. The third-order valence-electron chi connectivity index (χ3n) is 2.34. The molecule has 0 fully saturated rings. The Kier molecular flexibility index (Phi) is 2.76. The lowest BCUT2D eigenvalue weighted by Gasteiger charge is -2.10. The largest absolute Gasteiger partial charge is 0.416 e. The van der Waals surface area contributed by atoms with Crippen LogP contribution in [0.1, 0.15) is 11.1 Å². The van der Waals surface area contributed by atoms with E-state index in [2.05, 4.69) is 0 Å². The molecule has 0 N–H and O–H groups in total. The topological polar surface area (TPSA) is 0 Å². The normalized spacial score (nSPS) is 11.8. The van der Waals surface area contributed by atoms with Gasteiger partial charge in [0.05, 0.1) is 5.56 Å². The molecule has 0 aliphatic rings. The molecule has 0 atom stereocenters. The average molecular weight is 242 g/mol. The number of rotatable bonds is 1. The maximum absolute atomic E-state index is 12.5. The average Bonchev–Trinajstić information content (AvgIpc) is 2.68. The molecule has 0 saturated heterocycles. The maximum Gasteiger partial charge on any atom is 0.416 e. The summed E-state index contributed by atoms with van der Waals surface area (Å²) >= 11 is 1.52. The van der Waals surface area contributed by atoms with E-state index in [9.17, 15) is 13.2 Å². The summed E-state index contributed by atoms with van der Waals surface area (Å²) in [6.07, 6.45) is -4.27. The first-order chi connectivity index (χ1) is 7.48. The monoisotopic (exact) mass is 242 g/mol. The van der Waals surface area contributed by atoms with Crippen molar-refractivity contribution in [3.8, 4) is 10.4 Å². The third-order valence-corrected chi connectivity index (χ3v) is 3.26. The van der Waals surface area contributed by atoms with Gasteiger partial charge >= 0.3 is 6.18 Å². The number of hydrogen-bond acceptors (Lipinski definition) is 1. The number of benzene rings is 1. The molecular weight excluding hydrogens is 233 g/mol. The molecule has 2 aromatic rings. The molecular formula is C12H9F3S. The van der Waals surface area contributed by atoms with Crippen LogP contribution < -0.4 is 0 Å². The molecule has 16 heavy (non-hydrogen) atoms. The summed E-state index contributed by atoms with van der Waals surface area (Å²) in [5.41, 5.74) is 0.534. The minimum Gasteiger partial charge on any atom is -0.166 e. The van der Waals surface area contributed by atoms with Crippen LogP contribution in [0.5, 0.6) is 0 Å². The van der Waals surface area contributed by atoms with Crippen LogP contribution in [0, 0.1) is 6.92 Å². The van der Waals surface area contributed by atoms with Crippen LogP contribution in [-0.4, -0.2) is 0 Å². The Morgan fingerprint density at radius 2 is 1.88 bits per heavy atom. The van der Waals surface area contributed by atoms with Crippen molar-refractivity contribution < 1.29 is 13.2 Å². The van der Waals surface area contributed by atoms with Crippen molar-refractivity contribution in [2.24, 2.45) is 0 Å². The molecule has 1 aromatic heterocycles. The second kappa shape index (κ2) is 3.94. The van der Waals surface area contributed by atoms with E-state index < -0.39 is 11.7 Å². The van der Waals surface area contributed by atoms with E-state index in [0.717, 1.165) is 16.5 Å². The third kappa shape index (κ3) is 2.11. The highest BCUT2D eigenvalue weighted by Gasteiger charge is 2.32. The van der Waals surface area contributed by atoms with Gasteiger partial charge in [-0.15, -0.1) is 11.3 Å². The Hall–Kier alpha value is -1.29. The molecule has 2 rings (SSSR count). The first-order valence-electron chi connectivity index (χ1n) is 4.70. The molecule has 0 bridgehead atoms. The molecule has 0 saturated carbocycles. The van der Waals surface area contributed by atoms with Gasteiger partial charge in [0.25, 0.3) is 0 Å². The van der Waals surface area contributed by atoms with Crippen molar-refractivity contribution >= 4 is 11.3 Å². The minimum absolute atomic E-state index is 0.262. The number of halogens is 3. The van der Waals surface area contributed by atoms with Gasteiger partial charge in [-0.1, -0.05) is 18.2 Å². The van der Waals surface area contributed by atoms with E-state index in [1.807, 2.05) is 17.5 Å². The lowest BCUT2D eigenvalue weighted by atomic mass is 10.0. The standard InChI is InChI=1S/C12H9F3S/c1-8-7-9(11-3-2-6-16-11)4-5-10(8)12(13,14)15/h2-7H,1H3. The zero-order chi connectivity index (χ0) is 11.8. The van der Waals surface area contributed by atoms with E-state index in [0.29, 0.717) is 0 Å². The van der Waals surface area contributed by atoms with E-state index in [1.54, 1.807) is 6.07 Å². The van der Waals surface area contributed by atoms with Crippen molar-refractivity contribution in [3.05, 3.63) is 46.8 Å². The zero-order valence-electron chi connectivity index (χ0n) is 8.51. The molecule has 0 unspecified atom stereocenters. The highest BCUT2D eigenvalue weighted by atomic mass is 32.1. The second-order valence-corrected chi connectivity index (χ2v) is 4.45. The van der Waals surface area contributed by atoms with Gasteiger partial charge in [-0.3, -0.25) is 0 Å². The summed E-state index contributed by atoms with van der Waals surface area (Å²) in [6, 6.07) is 8.01. The van der Waals surface area contributed by atoms with Crippen LogP contribution in [-0.2, 0) is 6.18 Å². The number of thiophene rings is 1. The summed E-state index contributed by atoms with van der Waals surface area (Å²) in [6.45, 7) is 1.49. The van der Waals surface area contributed by atoms with Gasteiger partial charge in [-0.2, -0.15) is 13.2 Å². The summed E-state index contributed by atoms with van der Waals surface area (Å²) in [5.74, 6) is 0. The van der Waals surface area contributed by atoms with Crippen LogP contribution in [0.25, 0.3) is 10.4 Å². The Morgan fingerprint density at radius 3 is 2.38 bits per heavy atom. The van der Waals surface area contributed by atoms with Gasteiger partial charge in [0.15, 0.2) is 0 Å². The van der Waals surface area contributed by atoms with Gasteiger partial charge in [0, 0.05) is 4.88 Å². The van der Waals surface area contributed by atoms with E-state index in [1.165, 1.54) is 24.3 Å². The van der Waals surface area contributed by atoms with Gasteiger partial charge < -0.3 is 0 Å². The first-order valence-corrected chi connectivity index (χ1v) is 5.58. The molecule has 1 aromatic carbocycles. The van der Waals surface area contributed by atoms with Crippen molar-refractivity contribution in [1.29, 1.82) is 0 Å². The van der Waals surface area contributed by atoms with Crippen molar-refractivity contribution in [2.45, 2.75) is 13.1 Å². The Morgan fingerprint density at radius 1 is 1.12 bits per heavy atom. The van der Waals surface area contributed by atoms with Gasteiger partial charge in [0.2, 0.25) is 0 Å². The molecule has 4 heteroatoms.